The highest BCUT2D eigenvalue weighted by atomic mass is 16.1. The van der Waals surface area contributed by atoms with E-state index in [-0.39, 0.29) is 17.7 Å². The van der Waals surface area contributed by atoms with E-state index in [4.69, 9.17) is 16.9 Å². The molecule has 0 spiro atoms. The van der Waals surface area contributed by atoms with E-state index in [1.807, 2.05) is 0 Å². The molecule has 6 heteroatoms. The van der Waals surface area contributed by atoms with Crippen LogP contribution in [0.5, 0.6) is 0 Å². The van der Waals surface area contributed by atoms with Crippen molar-refractivity contribution in [1.82, 2.24) is 4.90 Å². The van der Waals surface area contributed by atoms with Crippen molar-refractivity contribution >= 4 is 17.7 Å². The van der Waals surface area contributed by atoms with Gasteiger partial charge < -0.3 is 21.2 Å². The largest absolute Gasteiger partial charge is 0.370 e. The zero-order valence-electron chi connectivity index (χ0n) is 8.46. The molecule has 0 saturated heterocycles. The Kier molecular flexibility index (Phi) is 7.61. The van der Waals surface area contributed by atoms with Crippen molar-refractivity contribution in [2.24, 2.45) is 16.5 Å². The van der Waals surface area contributed by atoms with Crippen LogP contribution in [0.25, 0.3) is 0 Å². The zero-order valence-corrected chi connectivity index (χ0v) is 8.46. The normalized spacial score (nSPS) is 7.69. The van der Waals surface area contributed by atoms with Crippen LogP contribution in [0.2, 0.25) is 0 Å². The Balaban J connectivity index is 0. The number of carbonyl (C=O) groups is 1. The molecule has 0 aromatic rings. The van der Waals surface area contributed by atoms with E-state index in [1.54, 1.807) is 14.1 Å². The molecule has 0 aromatic carbocycles. The van der Waals surface area contributed by atoms with Crippen molar-refractivity contribution in [2.75, 3.05) is 14.1 Å². The number of guanidine groups is 2. The third kappa shape index (κ3) is 17.9. The first-order chi connectivity index (χ1) is 5.77. The summed E-state index contributed by atoms with van der Waals surface area (Å²) < 4.78 is 0. The minimum absolute atomic E-state index is 0.0509. The second-order valence-corrected chi connectivity index (χ2v) is 2.66. The zero-order chi connectivity index (χ0) is 11.0. The third-order valence-corrected chi connectivity index (χ3v) is 0.659. The van der Waals surface area contributed by atoms with Crippen molar-refractivity contribution in [3.8, 4) is 0 Å². The lowest BCUT2D eigenvalue weighted by Crippen LogP contribution is -2.28. The number of carbonyl (C=O) groups excluding carboxylic acids is 1. The van der Waals surface area contributed by atoms with E-state index in [2.05, 4.69) is 4.99 Å². The number of nitrogens with zero attached hydrogens (tertiary/aromatic N) is 2. The van der Waals surface area contributed by atoms with Gasteiger partial charge >= 0.3 is 0 Å². The van der Waals surface area contributed by atoms with Gasteiger partial charge in [-0.05, 0) is 13.8 Å². The van der Waals surface area contributed by atoms with Crippen LogP contribution in [-0.4, -0.2) is 36.7 Å². The number of ketones is 1. The van der Waals surface area contributed by atoms with Gasteiger partial charge in [-0.1, -0.05) is 0 Å². The summed E-state index contributed by atoms with van der Waals surface area (Å²) in [6.45, 7) is 3.06. The van der Waals surface area contributed by atoms with Crippen LogP contribution in [0, 0.1) is 5.41 Å². The quantitative estimate of drug-likeness (QED) is 0.346. The maximum absolute atomic E-state index is 9.44. The fourth-order valence-corrected chi connectivity index (χ4v) is 0.222. The minimum atomic E-state index is -0.0892. The first-order valence-corrected chi connectivity index (χ1v) is 3.60. The molecule has 0 aliphatic rings. The lowest BCUT2D eigenvalue weighted by atomic mass is 10.6. The third-order valence-electron chi connectivity index (χ3n) is 0.659. The summed E-state index contributed by atoms with van der Waals surface area (Å²) in [6, 6.07) is 0. The van der Waals surface area contributed by atoms with Crippen molar-refractivity contribution in [3.63, 3.8) is 0 Å². The molecule has 0 aliphatic carbocycles. The lowest BCUT2D eigenvalue weighted by Gasteiger charge is -2.07. The lowest BCUT2D eigenvalue weighted by molar-refractivity contribution is -0.114. The molecule has 13 heavy (non-hydrogen) atoms. The Morgan fingerprint density at radius 3 is 1.69 bits per heavy atom. The summed E-state index contributed by atoms with van der Waals surface area (Å²) in [6.07, 6.45) is 0. The van der Waals surface area contributed by atoms with Crippen LogP contribution >= 0.6 is 0 Å². The van der Waals surface area contributed by atoms with Crippen LogP contribution in [-0.2, 0) is 4.79 Å². The van der Waals surface area contributed by atoms with Gasteiger partial charge in [-0.2, -0.15) is 4.99 Å². The highest BCUT2D eigenvalue weighted by Crippen LogP contribution is 1.78. The Labute approximate surface area is 78.1 Å². The number of hydrogen-bond donors (Lipinski definition) is 3. The van der Waals surface area contributed by atoms with E-state index in [1.165, 1.54) is 18.7 Å². The van der Waals surface area contributed by atoms with Crippen molar-refractivity contribution in [3.05, 3.63) is 0 Å². The molecule has 0 rings (SSSR count). The Bertz CT molecular complexity index is 201. The molecular formula is C7H17N5O. The highest BCUT2D eigenvalue weighted by Gasteiger charge is 1.93. The van der Waals surface area contributed by atoms with Crippen LogP contribution in [0.15, 0.2) is 4.99 Å². The van der Waals surface area contributed by atoms with Crippen molar-refractivity contribution < 1.29 is 4.79 Å². The van der Waals surface area contributed by atoms with E-state index in [0.29, 0.717) is 0 Å². The summed E-state index contributed by atoms with van der Waals surface area (Å²) in [7, 11) is 3.38. The average molecular weight is 187 g/mol. The smallest absolute Gasteiger partial charge is 0.220 e. The summed E-state index contributed by atoms with van der Waals surface area (Å²) in [5.41, 5.74) is 9.98. The predicted molar refractivity (Wildman–Crippen MR) is 53.6 cm³/mol. The molecule has 0 amide bonds. The summed E-state index contributed by atoms with van der Waals surface area (Å²) in [5, 5.41) is 7.05. The molecule has 6 nitrogen and oxygen atoms in total. The van der Waals surface area contributed by atoms with Crippen LogP contribution < -0.4 is 11.5 Å². The Morgan fingerprint density at radius 1 is 1.31 bits per heavy atom. The van der Waals surface area contributed by atoms with Gasteiger partial charge in [0.15, 0.2) is 5.96 Å². The maximum atomic E-state index is 9.44. The van der Waals surface area contributed by atoms with Gasteiger partial charge in [-0.15, -0.1) is 0 Å². The molecule has 0 atom stereocenters. The van der Waals surface area contributed by atoms with E-state index < -0.39 is 0 Å². The van der Waals surface area contributed by atoms with Gasteiger partial charge in [-0.3, -0.25) is 5.41 Å². The number of nitrogens with one attached hydrogen (secondary N) is 1. The van der Waals surface area contributed by atoms with Crippen LogP contribution in [0.1, 0.15) is 13.8 Å². The first kappa shape index (κ1) is 14.0. The Hall–Kier alpha value is -1.59. The average Bonchev–Trinajstić information content (AvgIpc) is 1.83. The van der Waals surface area contributed by atoms with Crippen LogP contribution in [0.4, 0.5) is 0 Å². The molecule has 0 saturated carbocycles. The van der Waals surface area contributed by atoms with Crippen molar-refractivity contribution in [2.45, 2.75) is 13.8 Å². The maximum Gasteiger partial charge on any atom is 0.220 e. The predicted octanol–water partition coefficient (Wildman–Crippen LogP) is -0.649. The summed E-state index contributed by atoms with van der Waals surface area (Å²) in [5.74, 6) is 0.128. The number of nitrogens with two attached hydrogens (primary N) is 2. The fraction of sp³-hybridized carbons (Fsp3) is 0.571. The molecule has 0 fully saturated rings. The van der Waals surface area contributed by atoms with Gasteiger partial charge in [-0.25, -0.2) is 0 Å². The van der Waals surface area contributed by atoms with Crippen molar-refractivity contribution in [1.29, 1.82) is 5.41 Å². The second-order valence-electron chi connectivity index (χ2n) is 2.66. The van der Waals surface area contributed by atoms with Gasteiger partial charge in [0.05, 0.1) is 0 Å². The molecule has 0 aromatic heterocycles. The minimum Gasteiger partial charge on any atom is -0.370 e. The summed E-state index contributed by atoms with van der Waals surface area (Å²) >= 11 is 0. The SMILES string of the molecule is CC(C)=O.CN(C)C(=N)N=C(N)N. The summed E-state index contributed by atoms with van der Waals surface area (Å²) in [4.78, 5) is 14.4. The number of hydrogen-bond acceptors (Lipinski definition) is 2. The Morgan fingerprint density at radius 2 is 1.62 bits per heavy atom. The fourth-order valence-electron chi connectivity index (χ4n) is 0.222. The molecule has 0 unspecified atom stereocenters. The van der Waals surface area contributed by atoms with E-state index in [9.17, 15) is 4.79 Å². The van der Waals surface area contributed by atoms with Gasteiger partial charge in [0, 0.05) is 14.1 Å². The molecule has 0 heterocycles. The van der Waals surface area contributed by atoms with Gasteiger partial charge in [0.1, 0.15) is 5.78 Å². The topological polar surface area (TPSA) is 109 Å². The second kappa shape index (κ2) is 7.08. The van der Waals surface area contributed by atoms with E-state index in [0.717, 1.165) is 0 Å². The van der Waals surface area contributed by atoms with E-state index >= 15 is 0 Å². The van der Waals surface area contributed by atoms with Gasteiger partial charge in [0.2, 0.25) is 5.96 Å². The highest BCUT2D eigenvalue weighted by molar-refractivity contribution is 5.91. The molecule has 0 aliphatic heterocycles. The number of aliphatic imine (C=N–C) groups is 1. The molecule has 5 N–H and O–H groups in total. The molecule has 0 bridgehead atoms. The van der Waals surface area contributed by atoms with Crippen LogP contribution in [0.3, 0.4) is 0 Å². The molecule has 76 valence electrons. The monoisotopic (exact) mass is 187 g/mol. The first-order valence-electron chi connectivity index (χ1n) is 3.60. The van der Waals surface area contributed by atoms with Gasteiger partial charge in [0.25, 0.3) is 0 Å². The number of rotatable bonds is 0. The molecular weight excluding hydrogens is 170 g/mol. The molecule has 0 radical (unpaired) electrons. The standard InChI is InChI=1S/C4H11N5.C3H6O/c1-9(2)4(7)8-3(5)6;1-3(2)4/h1-2H3,(H5,5,6,7,8);1-2H3. The number of Topliss-reactive ketones (excluding diaryl/α,β-unsaturated/α-hetero) is 1.